The highest BCUT2D eigenvalue weighted by atomic mass is 35.5. The van der Waals surface area contributed by atoms with Gasteiger partial charge in [-0.25, -0.2) is 4.79 Å². The second-order valence-electron chi connectivity index (χ2n) is 9.35. The number of carboxylic acid groups (broad SMARTS) is 1. The molecule has 10 nitrogen and oxygen atoms in total. The van der Waals surface area contributed by atoms with E-state index in [0.717, 1.165) is 55.5 Å². The summed E-state index contributed by atoms with van der Waals surface area (Å²) in [7, 11) is 2.13. The van der Waals surface area contributed by atoms with Gasteiger partial charge in [-0.2, -0.15) is 0 Å². The summed E-state index contributed by atoms with van der Waals surface area (Å²) in [6, 6.07) is 10.6. The zero-order valence-electron chi connectivity index (χ0n) is 20.9. The van der Waals surface area contributed by atoms with Gasteiger partial charge in [-0.05, 0) is 42.4 Å². The van der Waals surface area contributed by atoms with Crippen LogP contribution in [0.15, 0.2) is 42.5 Å². The maximum Gasteiger partial charge on any atom is 0.339 e. The lowest BCUT2D eigenvalue weighted by Crippen LogP contribution is -2.44. The monoisotopic (exact) mass is 575 g/mol. The Morgan fingerprint density at radius 1 is 0.718 bits per heavy atom. The van der Waals surface area contributed by atoms with Crippen molar-refractivity contribution in [1.29, 1.82) is 0 Å². The summed E-state index contributed by atoms with van der Waals surface area (Å²) >= 11 is 11.3. The van der Waals surface area contributed by atoms with E-state index in [1.54, 1.807) is 4.90 Å². The third-order valence-corrected chi connectivity index (χ3v) is 7.26. The van der Waals surface area contributed by atoms with Crippen molar-refractivity contribution in [2.24, 2.45) is 0 Å². The minimum atomic E-state index is -1.30. The van der Waals surface area contributed by atoms with E-state index in [1.807, 2.05) is 0 Å². The molecule has 2 heterocycles. The predicted molar refractivity (Wildman–Crippen MR) is 146 cm³/mol. The minimum absolute atomic E-state index is 0.0465. The molecule has 39 heavy (non-hydrogen) atoms. The molecular formula is C27H27Cl2N3O7. The standard InChI is InChI=1S/C20H22ClN3O3.C7H5ClO4/c1-22-4-6-23(7-5-22)15-3-2-13-11-24(12-14(13)8-15)20(27)16-9-17(21)19(26)10-18(16)25;8-4-1-3(7(11)12)5(9)2-6(4)10/h2-3,8-10,25-26H,4-7,11-12H2,1H3;1-2,9-10H,(H,11,12). The van der Waals surface area contributed by atoms with Crippen LogP contribution in [0.25, 0.3) is 0 Å². The van der Waals surface area contributed by atoms with Gasteiger partial charge in [0.25, 0.3) is 5.91 Å². The van der Waals surface area contributed by atoms with Crippen LogP contribution in [-0.2, 0) is 13.1 Å². The molecule has 3 aromatic carbocycles. The van der Waals surface area contributed by atoms with Gasteiger partial charge >= 0.3 is 5.97 Å². The number of hydrogen-bond acceptors (Lipinski definition) is 8. The SMILES string of the molecule is CN1CCN(c2ccc3c(c2)CN(C(=O)c2cc(Cl)c(O)cc2O)C3)CC1.O=C(O)c1cc(Cl)c(O)cc1O. The van der Waals surface area contributed by atoms with Crippen LogP contribution in [0.2, 0.25) is 10.0 Å². The van der Waals surface area contributed by atoms with E-state index >= 15 is 0 Å². The van der Waals surface area contributed by atoms with Crippen LogP contribution in [0.5, 0.6) is 23.0 Å². The van der Waals surface area contributed by atoms with Crippen molar-refractivity contribution in [2.75, 3.05) is 38.1 Å². The maximum atomic E-state index is 12.8. The molecule has 0 aromatic heterocycles. The van der Waals surface area contributed by atoms with Crippen molar-refractivity contribution in [3.63, 3.8) is 0 Å². The number of carboxylic acids is 1. The second-order valence-corrected chi connectivity index (χ2v) is 10.2. The van der Waals surface area contributed by atoms with Crippen molar-refractivity contribution < 1.29 is 35.1 Å². The molecule has 5 rings (SSSR count). The number of phenolic OH excluding ortho intramolecular Hbond substituents is 3. The Morgan fingerprint density at radius 2 is 1.26 bits per heavy atom. The summed E-state index contributed by atoms with van der Waals surface area (Å²) in [6.45, 7) is 5.07. The van der Waals surface area contributed by atoms with E-state index in [2.05, 4.69) is 35.0 Å². The molecule has 1 amide bonds. The lowest BCUT2D eigenvalue weighted by molar-refractivity contribution is 0.0692. The number of halogens is 2. The molecule has 1 saturated heterocycles. The maximum absolute atomic E-state index is 12.8. The van der Waals surface area contributed by atoms with Crippen molar-refractivity contribution in [3.05, 3.63) is 74.8 Å². The van der Waals surface area contributed by atoms with Crippen LogP contribution in [-0.4, -0.2) is 80.4 Å². The number of aromatic carboxylic acids is 1. The van der Waals surface area contributed by atoms with E-state index < -0.39 is 11.7 Å². The van der Waals surface area contributed by atoms with E-state index in [9.17, 15) is 19.8 Å². The van der Waals surface area contributed by atoms with E-state index in [-0.39, 0.29) is 44.3 Å². The molecule has 12 heteroatoms. The number of carbonyl (C=O) groups excluding carboxylic acids is 1. The average Bonchev–Trinajstić information content (AvgIpc) is 3.32. The number of likely N-dealkylation sites (N-methyl/N-ethyl adjacent to an activating group) is 1. The zero-order chi connectivity index (χ0) is 28.4. The van der Waals surface area contributed by atoms with Gasteiger partial charge in [-0.3, -0.25) is 4.79 Å². The zero-order valence-corrected chi connectivity index (χ0v) is 22.4. The van der Waals surface area contributed by atoms with Gasteiger partial charge in [0, 0.05) is 57.1 Å². The summed E-state index contributed by atoms with van der Waals surface area (Å²) in [5.41, 5.74) is 3.20. The Labute approximate surface area is 234 Å². The molecule has 0 atom stereocenters. The summed E-state index contributed by atoms with van der Waals surface area (Å²) in [5, 5.41) is 45.9. The normalized spacial score (nSPS) is 14.9. The van der Waals surface area contributed by atoms with Crippen LogP contribution >= 0.6 is 23.2 Å². The summed E-state index contributed by atoms with van der Waals surface area (Å²) in [5.74, 6) is -2.96. The van der Waals surface area contributed by atoms with E-state index in [4.69, 9.17) is 38.5 Å². The van der Waals surface area contributed by atoms with Gasteiger partial charge in [0.15, 0.2) is 0 Å². The van der Waals surface area contributed by atoms with Crippen molar-refractivity contribution in [3.8, 4) is 23.0 Å². The first-order valence-corrected chi connectivity index (χ1v) is 12.7. The first kappa shape index (κ1) is 28.2. The van der Waals surface area contributed by atoms with Crippen LogP contribution in [0.3, 0.4) is 0 Å². The Kier molecular flexibility index (Phi) is 8.29. The van der Waals surface area contributed by atoms with Crippen molar-refractivity contribution >= 4 is 40.8 Å². The highest BCUT2D eigenvalue weighted by Crippen LogP contribution is 2.34. The Balaban J connectivity index is 0.000000247. The smallest absolute Gasteiger partial charge is 0.339 e. The van der Waals surface area contributed by atoms with Crippen LogP contribution < -0.4 is 4.90 Å². The molecule has 0 saturated carbocycles. The van der Waals surface area contributed by atoms with Crippen molar-refractivity contribution in [2.45, 2.75) is 13.1 Å². The highest BCUT2D eigenvalue weighted by molar-refractivity contribution is 6.32. The number of carbonyl (C=O) groups is 2. The summed E-state index contributed by atoms with van der Waals surface area (Å²) in [6.07, 6.45) is 0. The first-order valence-electron chi connectivity index (χ1n) is 12.0. The average molecular weight is 576 g/mol. The highest BCUT2D eigenvalue weighted by Gasteiger charge is 2.27. The number of nitrogens with zero attached hydrogens (tertiary/aromatic N) is 3. The van der Waals surface area contributed by atoms with Crippen LogP contribution in [0.4, 0.5) is 5.69 Å². The molecule has 5 N–H and O–H groups in total. The molecule has 1 fully saturated rings. The third kappa shape index (κ3) is 6.25. The lowest BCUT2D eigenvalue weighted by atomic mass is 10.1. The minimum Gasteiger partial charge on any atom is -0.507 e. The Morgan fingerprint density at radius 3 is 1.85 bits per heavy atom. The first-order chi connectivity index (χ1) is 18.4. The summed E-state index contributed by atoms with van der Waals surface area (Å²) in [4.78, 5) is 29.6. The van der Waals surface area contributed by atoms with Gasteiger partial charge in [0.1, 0.15) is 28.6 Å². The Hall–Kier alpha value is -3.86. The van der Waals surface area contributed by atoms with Gasteiger partial charge < -0.3 is 40.2 Å². The number of anilines is 1. The van der Waals surface area contributed by atoms with Gasteiger partial charge in [0.2, 0.25) is 0 Å². The molecular weight excluding hydrogens is 549 g/mol. The van der Waals surface area contributed by atoms with E-state index in [1.165, 1.54) is 11.8 Å². The fourth-order valence-electron chi connectivity index (χ4n) is 4.40. The summed E-state index contributed by atoms with van der Waals surface area (Å²) < 4.78 is 0. The molecule has 0 spiro atoms. The van der Waals surface area contributed by atoms with E-state index in [0.29, 0.717) is 13.1 Å². The fraction of sp³-hybridized carbons (Fsp3) is 0.259. The predicted octanol–water partition coefficient (Wildman–Crippen LogP) is 4.11. The quantitative estimate of drug-likeness (QED) is 0.311. The second kappa shape index (κ2) is 11.5. The molecule has 3 aromatic rings. The molecule has 0 aliphatic carbocycles. The molecule has 2 aliphatic heterocycles. The molecule has 2 aliphatic rings. The fourth-order valence-corrected chi connectivity index (χ4v) is 4.73. The number of fused-ring (bicyclic) bond motifs is 1. The molecule has 206 valence electrons. The largest absolute Gasteiger partial charge is 0.507 e. The Bertz CT molecular complexity index is 1420. The number of phenols is 4. The van der Waals surface area contributed by atoms with Crippen LogP contribution in [0, 0.1) is 0 Å². The number of amides is 1. The number of aromatic hydroxyl groups is 4. The number of rotatable bonds is 3. The molecule has 0 radical (unpaired) electrons. The van der Waals surface area contributed by atoms with Gasteiger partial charge in [-0.1, -0.05) is 29.3 Å². The molecule has 0 bridgehead atoms. The van der Waals surface area contributed by atoms with Crippen LogP contribution in [0.1, 0.15) is 31.8 Å². The number of hydrogen-bond donors (Lipinski definition) is 5. The third-order valence-electron chi connectivity index (χ3n) is 6.66. The number of piperazine rings is 1. The number of benzene rings is 3. The lowest BCUT2D eigenvalue weighted by Gasteiger charge is -2.34. The van der Waals surface area contributed by atoms with Crippen molar-refractivity contribution in [1.82, 2.24) is 9.80 Å². The van der Waals surface area contributed by atoms with Gasteiger partial charge in [-0.15, -0.1) is 0 Å². The topological polar surface area (TPSA) is 145 Å². The van der Waals surface area contributed by atoms with Gasteiger partial charge in [0.05, 0.1) is 15.6 Å². The molecule has 0 unspecified atom stereocenters.